The van der Waals surface area contributed by atoms with E-state index >= 15 is 0 Å². The third-order valence-electron chi connectivity index (χ3n) is 0.584. The minimum Gasteiger partial charge on any atom is -0.302 e. The summed E-state index contributed by atoms with van der Waals surface area (Å²) in [6, 6.07) is 0. The molecule has 0 amide bonds. The molecular formula is C4H4OS2. The predicted octanol–water partition coefficient (Wildman–Crippen LogP) is 1.46. The van der Waals surface area contributed by atoms with Gasteiger partial charge in [0.25, 0.3) is 0 Å². The molecule has 0 aromatic carbocycles. The Labute approximate surface area is 51.4 Å². The maximum absolute atomic E-state index is 10.2. The van der Waals surface area contributed by atoms with Crippen LogP contribution in [0, 0.1) is 0 Å². The largest absolute Gasteiger partial charge is 0.302 e. The molecule has 38 valence electrons. The van der Waals surface area contributed by atoms with Crippen LogP contribution in [-0.2, 0) is 4.79 Å². The molecule has 1 nitrogen and oxygen atoms in total. The van der Waals surface area contributed by atoms with Gasteiger partial charge in [0.1, 0.15) is 7.63 Å². The average Bonchev–Trinajstić information content (AvgIpc) is 2.12. The Kier molecular flexibility index (Phi) is 1.40. The quantitative estimate of drug-likeness (QED) is 0.398. The van der Waals surface area contributed by atoms with E-state index in [-0.39, 0.29) is 5.25 Å². The summed E-state index contributed by atoms with van der Waals surface area (Å²) < 4.78 is 6.65. The zero-order valence-electron chi connectivity index (χ0n) is 4.46. The normalized spacial score (nSPS) is 30.3. The van der Waals surface area contributed by atoms with Crippen molar-refractivity contribution < 1.29 is 6.17 Å². The first kappa shape index (κ1) is 4.04. The molecule has 1 aliphatic rings. The molecule has 1 rings (SSSR count). The Bertz CT molecular complexity index is 134. The smallest absolute Gasteiger partial charge is 0.137 e. The molecule has 1 heterocycles. The third kappa shape index (κ3) is 1.24. The summed E-state index contributed by atoms with van der Waals surface area (Å²) in [4.78, 5) is 10.2. The molecule has 1 atom stereocenters. The fraction of sp³-hybridized carbons (Fsp3) is 0.250. The topological polar surface area (TPSA) is 17.1 Å². The van der Waals surface area contributed by atoms with Crippen LogP contribution in [0.1, 0.15) is 1.37 Å². The fourth-order valence-electron chi connectivity index (χ4n) is 0.286. The van der Waals surface area contributed by atoms with Crippen molar-refractivity contribution in [3.63, 3.8) is 0 Å². The van der Waals surface area contributed by atoms with E-state index < -0.39 is 6.26 Å². The first-order valence-electron chi connectivity index (χ1n) is 2.30. The van der Waals surface area contributed by atoms with Gasteiger partial charge in [0.05, 0.1) is 5.25 Å². The highest BCUT2D eigenvalue weighted by atomic mass is 33.1. The monoisotopic (exact) mass is 133 g/mol. The van der Waals surface area contributed by atoms with Gasteiger partial charge in [-0.2, -0.15) is 0 Å². The highest BCUT2D eigenvalue weighted by Gasteiger charge is 2.06. The second-order valence-corrected chi connectivity index (χ2v) is 3.38. The van der Waals surface area contributed by atoms with Crippen molar-refractivity contribution in [1.82, 2.24) is 0 Å². The minimum atomic E-state index is -0.503. The molecule has 0 N–H and O–H groups in total. The molecule has 0 aromatic rings. The molecule has 1 unspecified atom stereocenters. The van der Waals surface area contributed by atoms with Gasteiger partial charge in [-0.1, -0.05) is 27.7 Å². The van der Waals surface area contributed by atoms with Crippen LogP contribution in [0.5, 0.6) is 0 Å². The van der Waals surface area contributed by atoms with Gasteiger partial charge in [-0.05, 0) is 5.41 Å². The van der Waals surface area contributed by atoms with Crippen LogP contribution in [-0.4, -0.2) is 11.5 Å². The molecule has 0 bridgehead atoms. The van der Waals surface area contributed by atoms with Crippen LogP contribution in [0.3, 0.4) is 0 Å². The summed E-state index contributed by atoms with van der Waals surface area (Å²) in [6.45, 7) is 0. The van der Waals surface area contributed by atoms with E-state index in [1.165, 1.54) is 21.6 Å². The van der Waals surface area contributed by atoms with E-state index in [0.29, 0.717) is 0 Å². The number of carbonyl (C=O) groups is 1. The van der Waals surface area contributed by atoms with Crippen molar-refractivity contribution in [3.05, 3.63) is 11.5 Å². The molecule has 0 saturated carbocycles. The first-order valence-corrected chi connectivity index (χ1v) is 4.07. The summed E-state index contributed by atoms with van der Waals surface area (Å²) in [5.41, 5.74) is 0. The third-order valence-corrected chi connectivity index (χ3v) is 2.71. The van der Waals surface area contributed by atoms with Crippen molar-refractivity contribution in [3.8, 4) is 0 Å². The lowest BCUT2D eigenvalue weighted by Gasteiger charge is -1.87. The Balaban J connectivity index is 2.48. The van der Waals surface area contributed by atoms with E-state index in [1.807, 2.05) is 5.41 Å². The Morgan fingerprint density at radius 2 is 2.86 bits per heavy atom. The van der Waals surface area contributed by atoms with Crippen molar-refractivity contribution >= 4 is 27.9 Å². The van der Waals surface area contributed by atoms with E-state index in [0.717, 1.165) is 0 Å². The summed E-state index contributed by atoms with van der Waals surface area (Å²) >= 11 is 0. The summed E-state index contributed by atoms with van der Waals surface area (Å²) in [5.74, 6) is 0. The van der Waals surface area contributed by atoms with Crippen molar-refractivity contribution in [2.45, 2.75) is 5.25 Å². The lowest BCUT2D eigenvalue weighted by Crippen LogP contribution is -1.91. The molecule has 7 heavy (non-hydrogen) atoms. The van der Waals surface area contributed by atoms with Crippen LogP contribution in [0.2, 0.25) is 0 Å². The van der Waals surface area contributed by atoms with E-state index in [9.17, 15) is 4.79 Å². The maximum atomic E-state index is 10.2. The molecule has 0 fully saturated rings. The maximum Gasteiger partial charge on any atom is 0.137 e. The Morgan fingerprint density at radius 3 is 3.14 bits per heavy atom. The highest BCUT2D eigenvalue weighted by molar-refractivity contribution is 8.78. The number of rotatable bonds is 1. The van der Waals surface area contributed by atoms with Crippen LogP contribution < -0.4 is 0 Å². The van der Waals surface area contributed by atoms with Gasteiger partial charge in [-0.15, -0.1) is 0 Å². The molecule has 0 saturated heterocycles. The van der Waals surface area contributed by atoms with Gasteiger partial charge in [0.2, 0.25) is 0 Å². The van der Waals surface area contributed by atoms with Crippen LogP contribution in [0.4, 0.5) is 0 Å². The fourth-order valence-corrected chi connectivity index (χ4v) is 2.03. The number of aldehydes is 1. The zero-order valence-corrected chi connectivity index (χ0v) is 5.09. The van der Waals surface area contributed by atoms with E-state index in [1.54, 1.807) is 6.08 Å². The predicted molar refractivity (Wildman–Crippen MR) is 34.2 cm³/mol. The summed E-state index contributed by atoms with van der Waals surface area (Å²) in [7, 11) is 2.92. The van der Waals surface area contributed by atoms with Gasteiger partial charge in [0.15, 0.2) is 0 Å². The lowest BCUT2D eigenvalue weighted by atomic mass is 10.5. The van der Waals surface area contributed by atoms with Gasteiger partial charge >= 0.3 is 0 Å². The average molecular weight is 133 g/mol. The molecule has 3 heteroatoms. The standard InChI is InChI=1S/C4H4OS2/c5-3-4-1-2-6-7-4/h1-4H/i3D. The van der Waals surface area contributed by atoms with E-state index in [4.69, 9.17) is 1.37 Å². The molecular weight excluding hydrogens is 128 g/mol. The van der Waals surface area contributed by atoms with Gasteiger partial charge in [-0.25, -0.2) is 0 Å². The summed E-state index contributed by atoms with van der Waals surface area (Å²) in [5, 5.41) is 1.63. The first-order chi connectivity index (χ1) is 3.80. The molecule has 0 radical (unpaired) electrons. The molecule has 0 aromatic heterocycles. The molecule has 1 aliphatic heterocycles. The van der Waals surface area contributed by atoms with Crippen LogP contribution >= 0.6 is 21.6 Å². The SMILES string of the molecule is [2H]C(=O)C1C=CSS1. The molecule has 0 aliphatic carbocycles. The van der Waals surface area contributed by atoms with Crippen molar-refractivity contribution in [2.24, 2.45) is 0 Å². The number of hydrogen-bond acceptors (Lipinski definition) is 3. The minimum absolute atomic E-state index is 0.208. The second kappa shape index (κ2) is 2.43. The van der Waals surface area contributed by atoms with Crippen LogP contribution in [0.15, 0.2) is 11.5 Å². The van der Waals surface area contributed by atoms with Crippen LogP contribution in [0.25, 0.3) is 0 Å². The van der Waals surface area contributed by atoms with Crippen molar-refractivity contribution in [2.75, 3.05) is 0 Å². The Hall–Kier alpha value is 0.110. The van der Waals surface area contributed by atoms with Gasteiger partial charge in [-0.3, -0.25) is 0 Å². The van der Waals surface area contributed by atoms with Crippen molar-refractivity contribution in [1.29, 1.82) is 0 Å². The number of hydrogen-bond donors (Lipinski definition) is 0. The number of carbonyl (C=O) groups excluding carboxylic acids is 1. The Morgan fingerprint density at radius 1 is 2.00 bits per heavy atom. The zero-order chi connectivity index (χ0) is 5.98. The second-order valence-electron chi connectivity index (χ2n) is 1.06. The highest BCUT2D eigenvalue weighted by Crippen LogP contribution is 2.33. The van der Waals surface area contributed by atoms with Gasteiger partial charge < -0.3 is 4.79 Å². The molecule has 0 spiro atoms. The lowest BCUT2D eigenvalue weighted by molar-refractivity contribution is -0.106. The summed E-state index contributed by atoms with van der Waals surface area (Å²) in [6.07, 6.45) is 1.24. The van der Waals surface area contributed by atoms with E-state index in [2.05, 4.69) is 0 Å². The van der Waals surface area contributed by atoms with Gasteiger partial charge in [0, 0.05) is 0 Å².